The Morgan fingerprint density at radius 2 is 1.72 bits per heavy atom. The molecule has 0 saturated carbocycles. The van der Waals surface area contributed by atoms with Crippen LogP contribution in [0.2, 0.25) is 0 Å². The fourth-order valence-corrected chi connectivity index (χ4v) is 7.36. The predicted octanol–water partition coefficient (Wildman–Crippen LogP) is 6.21. The lowest BCUT2D eigenvalue weighted by Crippen LogP contribution is -2.35. The number of likely N-dealkylation sites (N-methyl/N-ethyl adjacent to an activating group) is 1. The van der Waals surface area contributed by atoms with Gasteiger partial charge in [-0.1, -0.05) is 56.7 Å². The first-order chi connectivity index (χ1) is 17.2. The van der Waals surface area contributed by atoms with E-state index in [-0.39, 0.29) is 16.1 Å². The Balaban J connectivity index is 1.57. The number of hydrogen-bond acceptors (Lipinski definition) is 4. The SMILES string of the molecule is CCN1C(=CC(=O)c2cc(S(=O)(=O)N3CCCCC3)ccc2C)C(C)(C)c2c1ccc1ccccc21. The highest BCUT2D eigenvalue weighted by atomic mass is 32.2. The van der Waals surface area contributed by atoms with Gasteiger partial charge < -0.3 is 4.90 Å². The van der Waals surface area contributed by atoms with Gasteiger partial charge in [0.1, 0.15) is 0 Å². The van der Waals surface area contributed by atoms with Crippen LogP contribution in [0.1, 0.15) is 61.5 Å². The molecule has 36 heavy (non-hydrogen) atoms. The topological polar surface area (TPSA) is 57.7 Å². The molecule has 0 aromatic heterocycles. The van der Waals surface area contributed by atoms with Gasteiger partial charge in [-0.25, -0.2) is 8.42 Å². The third-order valence-corrected chi connectivity index (χ3v) is 9.66. The fraction of sp³-hybridized carbons (Fsp3) is 0.367. The molecule has 0 unspecified atom stereocenters. The monoisotopic (exact) mass is 502 g/mol. The Morgan fingerprint density at radius 1 is 1.00 bits per heavy atom. The van der Waals surface area contributed by atoms with Crippen LogP contribution >= 0.6 is 0 Å². The zero-order valence-corrected chi connectivity index (χ0v) is 22.4. The number of carbonyl (C=O) groups is 1. The van der Waals surface area contributed by atoms with E-state index in [1.807, 2.05) is 13.0 Å². The van der Waals surface area contributed by atoms with Crippen LogP contribution in [0.5, 0.6) is 0 Å². The van der Waals surface area contributed by atoms with Crippen molar-refractivity contribution in [2.24, 2.45) is 0 Å². The maximum Gasteiger partial charge on any atom is 0.243 e. The van der Waals surface area contributed by atoms with Gasteiger partial charge in [-0.05, 0) is 66.8 Å². The molecule has 3 aromatic carbocycles. The van der Waals surface area contributed by atoms with Crippen molar-refractivity contribution in [2.75, 3.05) is 24.5 Å². The number of aryl methyl sites for hydroxylation is 1. The average molecular weight is 503 g/mol. The van der Waals surface area contributed by atoms with Crippen molar-refractivity contribution in [3.05, 3.63) is 83.1 Å². The number of hydrogen-bond donors (Lipinski definition) is 0. The Hall–Kier alpha value is -2.96. The summed E-state index contributed by atoms with van der Waals surface area (Å²) in [6.45, 7) is 10.1. The number of carbonyl (C=O) groups excluding carboxylic acids is 1. The van der Waals surface area contributed by atoms with Gasteiger partial charge in [0.25, 0.3) is 0 Å². The lowest BCUT2D eigenvalue weighted by atomic mass is 9.80. The van der Waals surface area contributed by atoms with Crippen LogP contribution in [-0.4, -0.2) is 38.1 Å². The summed E-state index contributed by atoms with van der Waals surface area (Å²) in [5.74, 6) is -0.165. The van der Waals surface area contributed by atoms with Crippen molar-refractivity contribution in [1.82, 2.24) is 4.31 Å². The van der Waals surface area contributed by atoms with Gasteiger partial charge in [0.15, 0.2) is 5.78 Å². The maximum atomic E-state index is 13.7. The number of sulfonamides is 1. The number of fused-ring (bicyclic) bond motifs is 3. The van der Waals surface area contributed by atoms with Gasteiger partial charge in [0.05, 0.1) is 4.90 Å². The molecule has 2 aliphatic heterocycles. The number of ketones is 1. The van der Waals surface area contributed by atoms with Gasteiger partial charge in [-0.2, -0.15) is 4.31 Å². The fourth-order valence-electron chi connectivity index (χ4n) is 5.82. The number of allylic oxidation sites excluding steroid dienone is 2. The molecule has 0 radical (unpaired) electrons. The molecule has 0 aliphatic carbocycles. The molecule has 5 rings (SSSR count). The minimum atomic E-state index is -3.62. The third kappa shape index (κ3) is 3.97. The van der Waals surface area contributed by atoms with Crippen LogP contribution < -0.4 is 4.90 Å². The first-order valence-electron chi connectivity index (χ1n) is 12.8. The normalized spacial score (nSPS) is 19.1. The van der Waals surface area contributed by atoms with Crippen LogP contribution in [0.4, 0.5) is 5.69 Å². The summed E-state index contributed by atoms with van der Waals surface area (Å²) >= 11 is 0. The minimum absolute atomic E-state index is 0.165. The second-order valence-electron chi connectivity index (χ2n) is 10.4. The van der Waals surface area contributed by atoms with E-state index in [9.17, 15) is 13.2 Å². The number of piperidine rings is 1. The minimum Gasteiger partial charge on any atom is -0.344 e. The lowest BCUT2D eigenvalue weighted by molar-refractivity contribution is 0.104. The first-order valence-corrected chi connectivity index (χ1v) is 14.3. The Morgan fingerprint density at radius 3 is 2.44 bits per heavy atom. The van der Waals surface area contributed by atoms with Crippen molar-refractivity contribution < 1.29 is 13.2 Å². The summed E-state index contributed by atoms with van der Waals surface area (Å²) in [6, 6.07) is 17.6. The van der Waals surface area contributed by atoms with Gasteiger partial charge in [-0.3, -0.25) is 4.79 Å². The molecule has 6 heteroatoms. The summed E-state index contributed by atoms with van der Waals surface area (Å²) in [5, 5.41) is 2.37. The molecule has 188 valence electrons. The predicted molar refractivity (Wildman–Crippen MR) is 146 cm³/mol. The van der Waals surface area contributed by atoms with E-state index in [4.69, 9.17) is 0 Å². The quantitative estimate of drug-likeness (QED) is 0.308. The maximum absolute atomic E-state index is 13.7. The Kier molecular flexibility index (Phi) is 6.29. The molecule has 0 N–H and O–H groups in total. The van der Waals surface area contributed by atoms with Gasteiger partial charge in [-0.15, -0.1) is 0 Å². The largest absolute Gasteiger partial charge is 0.344 e. The van der Waals surface area contributed by atoms with Crippen molar-refractivity contribution >= 4 is 32.3 Å². The second-order valence-corrected chi connectivity index (χ2v) is 12.3. The third-order valence-electron chi connectivity index (χ3n) is 7.77. The molecule has 2 heterocycles. The highest BCUT2D eigenvalue weighted by molar-refractivity contribution is 7.89. The molecule has 3 aromatic rings. The molecule has 2 aliphatic rings. The summed E-state index contributed by atoms with van der Waals surface area (Å²) in [4.78, 5) is 16.1. The molecule has 1 saturated heterocycles. The van der Waals surface area contributed by atoms with Crippen molar-refractivity contribution in [1.29, 1.82) is 0 Å². The zero-order valence-electron chi connectivity index (χ0n) is 21.5. The van der Waals surface area contributed by atoms with E-state index in [1.54, 1.807) is 28.6 Å². The summed E-state index contributed by atoms with van der Waals surface area (Å²) < 4.78 is 28.1. The van der Waals surface area contributed by atoms with Crippen LogP contribution in [0.3, 0.4) is 0 Å². The van der Waals surface area contributed by atoms with E-state index >= 15 is 0 Å². The van der Waals surface area contributed by atoms with Crippen molar-refractivity contribution in [3.63, 3.8) is 0 Å². The second kappa shape index (κ2) is 9.16. The average Bonchev–Trinajstić information content (AvgIpc) is 3.10. The molecule has 0 amide bonds. The van der Waals surface area contributed by atoms with E-state index in [1.165, 1.54) is 16.3 Å². The van der Waals surface area contributed by atoms with Crippen molar-refractivity contribution in [3.8, 4) is 0 Å². The van der Waals surface area contributed by atoms with Gasteiger partial charge in [0, 0.05) is 48.1 Å². The molecular formula is C30H34N2O3S. The van der Waals surface area contributed by atoms with Crippen LogP contribution in [0.25, 0.3) is 10.8 Å². The Bertz CT molecular complexity index is 1480. The molecule has 0 bridgehead atoms. The van der Waals surface area contributed by atoms with Crippen LogP contribution in [0, 0.1) is 6.92 Å². The summed E-state index contributed by atoms with van der Waals surface area (Å²) in [7, 11) is -3.62. The molecule has 1 fully saturated rings. The Labute approximate surface area is 214 Å². The van der Waals surface area contributed by atoms with E-state index in [0.29, 0.717) is 18.7 Å². The number of anilines is 1. The van der Waals surface area contributed by atoms with Gasteiger partial charge in [0.2, 0.25) is 10.0 Å². The standard InChI is InChI=1S/C30H34N2O3S/c1-5-32-26-16-14-22-11-7-8-12-24(22)29(26)30(3,4)28(32)20-27(33)25-19-23(15-13-21(25)2)36(34,35)31-17-9-6-10-18-31/h7-8,11-16,19-20H,5-6,9-10,17-18H2,1-4H3. The van der Waals surface area contributed by atoms with Gasteiger partial charge >= 0.3 is 0 Å². The highest BCUT2D eigenvalue weighted by Crippen LogP contribution is 2.50. The van der Waals surface area contributed by atoms with E-state index in [2.05, 4.69) is 56.0 Å². The summed E-state index contributed by atoms with van der Waals surface area (Å²) in [6.07, 6.45) is 4.52. The first kappa shape index (κ1) is 24.7. The zero-order chi connectivity index (χ0) is 25.7. The van der Waals surface area contributed by atoms with Crippen LogP contribution in [-0.2, 0) is 15.4 Å². The molecule has 0 spiro atoms. The number of rotatable bonds is 5. The van der Waals surface area contributed by atoms with E-state index < -0.39 is 10.0 Å². The summed E-state index contributed by atoms with van der Waals surface area (Å²) in [5.41, 5.74) is 4.11. The highest BCUT2D eigenvalue weighted by Gasteiger charge is 2.41. The smallest absolute Gasteiger partial charge is 0.243 e. The van der Waals surface area contributed by atoms with Crippen LogP contribution in [0.15, 0.2) is 71.3 Å². The van der Waals surface area contributed by atoms with Crippen molar-refractivity contribution in [2.45, 2.75) is 57.3 Å². The van der Waals surface area contributed by atoms with E-state index in [0.717, 1.165) is 42.8 Å². The lowest BCUT2D eigenvalue weighted by Gasteiger charge is -2.27. The molecular weight excluding hydrogens is 468 g/mol. The number of nitrogens with zero attached hydrogens (tertiary/aromatic N) is 2. The number of benzene rings is 3. The molecule has 0 atom stereocenters. The molecule has 5 nitrogen and oxygen atoms in total.